The molecule has 190 valence electrons. The normalized spacial score (nSPS) is 18.0. The summed E-state index contributed by atoms with van der Waals surface area (Å²) in [6.07, 6.45) is 7.69. The second-order valence-corrected chi connectivity index (χ2v) is 10.7. The van der Waals surface area contributed by atoms with Gasteiger partial charge in [0.25, 0.3) is 0 Å². The molecule has 3 aromatic rings. The Hall–Kier alpha value is -3.46. The van der Waals surface area contributed by atoms with Crippen molar-refractivity contribution in [3.63, 3.8) is 0 Å². The molecule has 0 radical (unpaired) electrons. The molecule has 1 amide bonds. The summed E-state index contributed by atoms with van der Waals surface area (Å²) in [6, 6.07) is 7.45. The molecule has 1 aliphatic carbocycles. The number of thiazole rings is 1. The summed E-state index contributed by atoms with van der Waals surface area (Å²) >= 11 is 1.61. The summed E-state index contributed by atoms with van der Waals surface area (Å²) in [5.41, 5.74) is 2.63. The van der Waals surface area contributed by atoms with Crippen molar-refractivity contribution in [2.45, 2.75) is 59.4 Å². The molecule has 4 rings (SSSR count). The molecule has 0 unspecified atom stereocenters. The number of benzene rings is 1. The second-order valence-electron chi connectivity index (χ2n) is 9.60. The summed E-state index contributed by atoms with van der Waals surface area (Å²) in [7, 11) is 0. The average Bonchev–Trinajstić information content (AvgIpc) is 3.44. The van der Waals surface area contributed by atoms with E-state index in [1.54, 1.807) is 20.9 Å². The zero-order chi connectivity index (χ0) is 25.8. The van der Waals surface area contributed by atoms with Crippen LogP contribution in [0.25, 0.3) is 17.8 Å². The van der Waals surface area contributed by atoms with E-state index in [4.69, 9.17) is 4.74 Å². The molecule has 0 atom stereocenters. The van der Waals surface area contributed by atoms with Gasteiger partial charge in [-0.25, -0.2) is 14.5 Å². The number of amides is 1. The monoisotopic (exact) mass is 508 g/mol. The Morgan fingerprint density at radius 2 is 1.86 bits per heavy atom. The zero-order valence-electron chi connectivity index (χ0n) is 21.0. The van der Waals surface area contributed by atoms with Crippen molar-refractivity contribution in [1.29, 1.82) is 0 Å². The maximum atomic E-state index is 13.5. The molecular weight excluding hydrogens is 476 g/mol. The van der Waals surface area contributed by atoms with Gasteiger partial charge in [-0.15, -0.1) is 16.4 Å². The van der Waals surface area contributed by atoms with Crippen LogP contribution in [0.15, 0.2) is 35.8 Å². The van der Waals surface area contributed by atoms with Crippen LogP contribution in [0.5, 0.6) is 5.75 Å². The van der Waals surface area contributed by atoms with Crippen molar-refractivity contribution in [2.75, 3.05) is 4.90 Å². The van der Waals surface area contributed by atoms with Gasteiger partial charge in [-0.2, -0.15) is 0 Å². The Bertz CT molecular complexity index is 1240. The fourth-order valence-electron chi connectivity index (χ4n) is 4.50. The van der Waals surface area contributed by atoms with Crippen LogP contribution in [-0.4, -0.2) is 38.0 Å². The van der Waals surface area contributed by atoms with E-state index in [2.05, 4.69) is 17.0 Å². The number of anilines is 1. The SMILES string of the molecule is Cc1nc(/C=C/c2ccc(-n3cc(OC(=O)O)c(N(C(=O)C4CCC(C)CC4)C(C)C)n3)cc2)cs1. The van der Waals surface area contributed by atoms with E-state index in [1.807, 2.05) is 62.6 Å². The van der Waals surface area contributed by atoms with Crippen molar-refractivity contribution in [3.05, 3.63) is 52.1 Å². The van der Waals surface area contributed by atoms with Gasteiger partial charge in [0, 0.05) is 17.3 Å². The molecule has 1 fully saturated rings. The maximum absolute atomic E-state index is 13.5. The van der Waals surface area contributed by atoms with Gasteiger partial charge in [0.05, 0.1) is 22.6 Å². The number of hydrogen-bond acceptors (Lipinski definition) is 6. The summed E-state index contributed by atoms with van der Waals surface area (Å²) in [5.74, 6) is 0.750. The molecule has 9 heteroatoms. The number of aryl methyl sites for hydroxylation is 1. The van der Waals surface area contributed by atoms with Gasteiger partial charge in [-0.05, 0) is 76.1 Å². The molecule has 0 bridgehead atoms. The first-order valence-electron chi connectivity index (χ1n) is 12.3. The molecule has 0 aliphatic heterocycles. The highest BCUT2D eigenvalue weighted by atomic mass is 32.1. The van der Waals surface area contributed by atoms with Crippen LogP contribution in [0, 0.1) is 18.8 Å². The number of ether oxygens (including phenoxy) is 1. The molecule has 1 aliphatic rings. The number of carbonyl (C=O) groups is 2. The van der Waals surface area contributed by atoms with Crippen molar-refractivity contribution in [3.8, 4) is 11.4 Å². The number of rotatable bonds is 7. The van der Waals surface area contributed by atoms with Gasteiger partial charge in [0.1, 0.15) is 0 Å². The molecule has 0 saturated heterocycles. The lowest BCUT2D eigenvalue weighted by Crippen LogP contribution is -2.42. The van der Waals surface area contributed by atoms with E-state index >= 15 is 0 Å². The highest BCUT2D eigenvalue weighted by Crippen LogP contribution is 2.35. The van der Waals surface area contributed by atoms with Gasteiger partial charge in [0.2, 0.25) is 11.7 Å². The first-order chi connectivity index (χ1) is 17.2. The number of carbonyl (C=O) groups excluding carboxylic acids is 1. The maximum Gasteiger partial charge on any atom is 0.511 e. The number of nitrogens with zero attached hydrogens (tertiary/aromatic N) is 4. The van der Waals surface area contributed by atoms with Crippen LogP contribution in [0.3, 0.4) is 0 Å². The summed E-state index contributed by atoms with van der Waals surface area (Å²) < 4.78 is 6.62. The number of hydrogen-bond donors (Lipinski definition) is 1. The molecule has 36 heavy (non-hydrogen) atoms. The van der Waals surface area contributed by atoms with E-state index in [1.165, 1.54) is 6.20 Å². The Balaban J connectivity index is 1.61. The molecule has 1 aromatic carbocycles. The predicted octanol–water partition coefficient (Wildman–Crippen LogP) is 6.43. The van der Waals surface area contributed by atoms with Gasteiger partial charge in [-0.1, -0.05) is 25.1 Å². The van der Waals surface area contributed by atoms with Crippen molar-refractivity contribution >= 4 is 41.4 Å². The third-order valence-electron chi connectivity index (χ3n) is 6.45. The molecule has 2 heterocycles. The average molecular weight is 509 g/mol. The lowest BCUT2D eigenvalue weighted by Gasteiger charge is -2.32. The minimum Gasteiger partial charge on any atom is -0.449 e. The fraction of sp³-hybridized carbons (Fsp3) is 0.407. The molecule has 1 N–H and O–H groups in total. The van der Waals surface area contributed by atoms with Crippen molar-refractivity contribution < 1.29 is 19.4 Å². The van der Waals surface area contributed by atoms with Gasteiger partial charge >= 0.3 is 6.16 Å². The first-order valence-corrected chi connectivity index (χ1v) is 13.1. The van der Waals surface area contributed by atoms with E-state index in [0.29, 0.717) is 5.92 Å². The van der Waals surface area contributed by atoms with Crippen molar-refractivity contribution in [2.24, 2.45) is 11.8 Å². The van der Waals surface area contributed by atoms with Gasteiger partial charge in [0.15, 0.2) is 5.75 Å². The standard InChI is InChI=1S/C27H32N4O4S/c1-17(2)31(26(32)21-10-5-18(3)6-11-21)25-24(35-27(33)34)15-30(29-25)23-13-8-20(9-14-23)7-12-22-16-36-19(4)28-22/h7-9,12-18,21H,5-6,10-11H2,1-4H3,(H,33,34)/b12-7+. The Kier molecular flexibility index (Phi) is 7.88. The van der Waals surface area contributed by atoms with Crippen LogP contribution in [0.2, 0.25) is 0 Å². The minimum atomic E-state index is -1.45. The van der Waals surface area contributed by atoms with E-state index in [-0.39, 0.29) is 29.4 Å². The largest absolute Gasteiger partial charge is 0.511 e. The quantitative estimate of drug-likeness (QED) is 0.369. The predicted molar refractivity (Wildman–Crippen MR) is 142 cm³/mol. The van der Waals surface area contributed by atoms with Crippen molar-refractivity contribution in [1.82, 2.24) is 14.8 Å². The second kappa shape index (κ2) is 11.1. The third-order valence-corrected chi connectivity index (χ3v) is 7.24. The van der Waals surface area contributed by atoms with Crippen LogP contribution >= 0.6 is 11.3 Å². The Labute approximate surface area is 215 Å². The van der Waals surface area contributed by atoms with Gasteiger partial charge < -0.3 is 9.84 Å². The number of carboxylic acid groups (broad SMARTS) is 1. The Morgan fingerprint density at radius 3 is 2.44 bits per heavy atom. The summed E-state index contributed by atoms with van der Waals surface area (Å²) in [6.45, 7) is 7.99. The van der Waals surface area contributed by atoms with E-state index in [9.17, 15) is 14.7 Å². The molecule has 1 saturated carbocycles. The first kappa shape index (κ1) is 25.6. The molecular formula is C27H32N4O4S. The summed E-state index contributed by atoms with van der Waals surface area (Å²) in [4.78, 5) is 31.0. The molecule has 8 nitrogen and oxygen atoms in total. The highest BCUT2D eigenvalue weighted by molar-refractivity contribution is 7.09. The molecule has 2 aromatic heterocycles. The smallest absolute Gasteiger partial charge is 0.449 e. The highest BCUT2D eigenvalue weighted by Gasteiger charge is 2.34. The number of aromatic nitrogens is 3. The lowest BCUT2D eigenvalue weighted by molar-refractivity contribution is -0.124. The summed E-state index contributed by atoms with van der Waals surface area (Å²) in [5, 5.41) is 17.0. The molecule has 0 spiro atoms. The topological polar surface area (TPSA) is 97.5 Å². The van der Waals surface area contributed by atoms with Crippen LogP contribution in [-0.2, 0) is 4.79 Å². The fourth-order valence-corrected chi connectivity index (χ4v) is 5.08. The third kappa shape index (κ3) is 6.02. The van der Waals surface area contributed by atoms with E-state index < -0.39 is 6.16 Å². The lowest BCUT2D eigenvalue weighted by atomic mass is 9.82. The van der Waals surface area contributed by atoms with Gasteiger partial charge in [-0.3, -0.25) is 9.69 Å². The van der Waals surface area contributed by atoms with Crippen LogP contribution in [0.4, 0.5) is 10.6 Å². The Morgan fingerprint density at radius 1 is 1.17 bits per heavy atom. The van der Waals surface area contributed by atoms with Crippen LogP contribution < -0.4 is 9.64 Å². The van der Waals surface area contributed by atoms with Crippen LogP contribution in [0.1, 0.15) is 62.7 Å². The zero-order valence-corrected chi connectivity index (χ0v) is 21.9. The van der Waals surface area contributed by atoms with E-state index in [0.717, 1.165) is 47.6 Å². The minimum absolute atomic E-state index is 0.0323.